The van der Waals surface area contributed by atoms with Crippen LogP contribution >= 0.6 is 0 Å². The van der Waals surface area contributed by atoms with Gasteiger partial charge in [0.2, 0.25) is 9.84 Å². The lowest BCUT2D eigenvalue weighted by Crippen LogP contribution is -2.23. The zero-order valence-corrected chi connectivity index (χ0v) is 10.6. The molecule has 3 heteroatoms. The summed E-state index contributed by atoms with van der Waals surface area (Å²) in [5.74, 6) is 0. The summed E-state index contributed by atoms with van der Waals surface area (Å²) in [4.78, 5) is 1.00. The lowest BCUT2D eigenvalue weighted by Gasteiger charge is -2.27. The summed E-state index contributed by atoms with van der Waals surface area (Å²) in [6.45, 7) is 0. The molecule has 1 aliphatic heterocycles. The second-order valence-corrected chi connectivity index (χ2v) is 6.96. The van der Waals surface area contributed by atoms with Gasteiger partial charge in [0.15, 0.2) is 0 Å². The van der Waals surface area contributed by atoms with Gasteiger partial charge in [-0.1, -0.05) is 36.4 Å². The van der Waals surface area contributed by atoms with E-state index in [0.717, 1.165) is 24.0 Å². The zero-order chi connectivity index (χ0) is 12.4. The van der Waals surface area contributed by atoms with E-state index < -0.39 is 9.84 Å². The molecule has 1 aliphatic carbocycles. The molecule has 2 aliphatic rings. The molecule has 0 radical (unpaired) electrons. The van der Waals surface area contributed by atoms with Gasteiger partial charge in [0, 0.05) is 5.41 Å². The number of benzene rings is 2. The first-order chi connectivity index (χ1) is 8.66. The first-order valence-electron chi connectivity index (χ1n) is 6.10. The number of rotatable bonds is 0. The third-order valence-corrected chi connectivity index (χ3v) is 6.00. The van der Waals surface area contributed by atoms with Gasteiger partial charge in [0.1, 0.15) is 0 Å². The summed E-state index contributed by atoms with van der Waals surface area (Å²) < 4.78 is 25.2. The number of hydrogen-bond donors (Lipinski definition) is 0. The fourth-order valence-electron chi connectivity index (χ4n) is 3.12. The molecule has 1 saturated carbocycles. The van der Waals surface area contributed by atoms with Crippen LogP contribution in [0, 0.1) is 0 Å². The highest BCUT2D eigenvalue weighted by atomic mass is 32.2. The Morgan fingerprint density at radius 1 is 0.778 bits per heavy atom. The highest BCUT2D eigenvalue weighted by Gasteiger charge is 2.53. The van der Waals surface area contributed by atoms with Crippen molar-refractivity contribution in [2.45, 2.75) is 28.0 Å². The Morgan fingerprint density at radius 2 is 1.22 bits per heavy atom. The minimum atomic E-state index is -3.33. The average molecular weight is 256 g/mol. The average Bonchev–Trinajstić information content (AvgIpc) is 3.19. The van der Waals surface area contributed by atoms with Gasteiger partial charge in [-0.3, -0.25) is 0 Å². The molecule has 0 N–H and O–H groups in total. The molecular weight excluding hydrogens is 244 g/mol. The highest BCUT2D eigenvalue weighted by Crippen LogP contribution is 2.59. The van der Waals surface area contributed by atoms with Gasteiger partial charge in [-0.15, -0.1) is 0 Å². The van der Waals surface area contributed by atoms with Gasteiger partial charge in [-0.2, -0.15) is 0 Å². The van der Waals surface area contributed by atoms with E-state index >= 15 is 0 Å². The Labute approximate surface area is 106 Å². The second-order valence-electron chi connectivity index (χ2n) is 5.08. The molecule has 0 atom stereocenters. The van der Waals surface area contributed by atoms with Crippen LogP contribution in [0.5, 0.6) is 0 Å². The van der Waals surface area contributed by atoms with Crippen molar-refractivity contribution in [3.8, 4) is 0 Å². The predicted molar refractivity (Wildman–Crippen MR) is 68.3 cm³/mol. The van der Waals surface area contributed by atoms with Crippen LogP contribution in [0.3, 0.4) is 0 Å². The number of fused-ring (bicyclic) bond motifs is 4. The maximum absolute atomic E-state index is 12.6. The molecule has 4 rings (SSSR count). The highest BCUT2D eigenvalue weighted by molar-refractivity contribution is 7.91. The van der Waals surface area contributed by atoms with Crippen LogP contribution < -0.4 is 0 Å². The van der Waals surface area contributed by atoms with E-state index in [4.69, 9.17) is 0 Å². The van der Waals surface area contributed by atoms with Gasteiger partial charge < -0.3 is 0 Å². The lowest BCUT2D eigenvalue weighted by molar-refractivity contribution is 0.584. The van der Waals surface area contributed by atoms with Crippen LogP contribution in [0.15, 0.2) is 58.3 Å². The fraction of sp³-hybridized carbons (Fsp3) is 0.200. The van der Waals surface area contributed by atoms with Crippen LogP contribution in [-0.4, -0.2) is 8.42 Å². The van der Waals surface area contributed by atoms with E-state index in [1.165, 1.54) is 0 Å². The van der Waals surface area contributed by atoms with Crippen molar-refractivity contribution in [1.29, 1.82) is 0 Å². The molecular formula is C15H12O2S. The lowest BCUT2D eigenvalue weighted by atomic mass is 9.87. The Morgan fingerprint density at radius 3 is 1.67 bits per heavy atom. The Kier molecular flexibility index (Phi) is 1.74. The molecule has 2 aromatic rings. The third kappa shape index (κ3) is 1.06. The standard InChI is InChI=1S/C15H12O2S/c16-18(17)13-7-3-1-5-11(13)15(9-10-15)12-6-2-4-8-14(12)18/h1-8H,9-10H2. The topological polar surface area (TPSA) is 34.1 Å². The monoisotopic (exact) mass is 256 g/mol. The van der Waals surface area contributed by atoms with Crippen LogP contribution in [0.25, 0.3) is 0 Å². The van der Waals surface area contributed by atoms with Crippen molar-refractivity contribution in [3.05, 3.63) is 59.7 Å². The summed E-state index contributed by atoms with van der Waals surface area (Å²) in [7, 11) is -3.33. The van der Waals surface area contributed by atoms with Crippen molar-refractivity contribution < 1.29 is 8.42 Å². The smallest absolute Gasteiger partial charge is 0.207 e. The van der Waals surface area contributed by atoms with E-state index in [9.17, 15) is 8.42 Å². The van der Waals surface area contributed by atoms with Crippen molar-refractivity contribution >= 4 is 9.84 Å². The molecule has 90 valence electrons. The van der Waals surface area contributed by atoms with Crippen LogP contribution in [0.1, 0.15) is 24.0 Å². The summed E-state index contributed by atoms with van der Waals surface area (Å²) in [5, 5.41) is 0. The number of hydrogen-bond acceptors (Lipinski definition) is 2. The molecule has 0 saturated heterocycles. The Bertz CT molecular complexity index is 700. The van der Waals surface area contributed by atoms with E-state index in [2.05, 4.69) is 0 Å². The zero-order valence-electron chi connectivity index (χ0n) is 9.76. The van der Waals surface area contributed by atoms with Crippen LogP contribution in [0.4, 0.5) is 0 Å². The Hall–Kier alpha value is -1.61. The van der Waals surface area contributed by atoms with Gasteiger partial charge in [-0.05, 0) is 36.1 Å². The van der Waals surface area contributed by atoms with E-state index in [-0.39, 0.29) is 5.41 Å². The Balaban J connectivity index is 2.18. The molecule has 2 nitrogen and oxygen atoms in total. The van der Waals surface area contributed by atoms with Gasteiger partial charge >= 0.3 is 0 Å². The summed E-state index contributed by atoms with van der Waals surface area (Å²) in [6, 6.07) is 14.9. The van der Waals surface area contributed by atoms with Crippen molar-refractivity contribution in [2.24, 2.45) is 0 Å². The van der Waals surface area contributed by atoms with Crippen molar-refractivity contribution in [1.82, 2.24) is 0 Å². The SMILES string of the molecule is O=S1(=O)c2ccccc2C2(CC2)c2ccccc21. The molecule has 1 fully saturated rings. The minimum absolute atomic E-state index is 0.0293. The first-order valence-corrected chi connectivity index (χ1v) is 7.59. The third-order valence-electron chi connectivity index (χ3n) is 4.13. The van der Waals surface area contributed by atoms with E-state index in [1.807, 2.05) is 24.3 Å². The molecule has 2 aromatic carbocycles. The fourth-order valence-corrected chi connectivity index (χ4v) is 4.98. The minimum Gasteiger partial charge on any atom is -0.218 e. The quantitative estimate of drug-likeness (QED) is 0.726. The summed E-state index contributed by atoms with van der Waals surface area (Å²) in [5.41, 5.74) is 1.95. The molecule has 1 heterocycles. The largest absolute Gasteiger partial charge is 0.218 e. The molecule has 1 spiro atoms. The van der Waals surface area contributed by atoms with Gasteiger partial charge in [-0.25, -0.2) is 8.42 Å². The predicted octanol–water partition coefficient (Wildman–Crippen LogP) is 2.91. The number of sulfone groups is 1. The first kappa shape index (κ1) is 10.3. The van der Waals surface area contributed by atoms with Crippen molar-refractivity contribution in [3.63, 3.8) is 0 Å². The molecule has 0 amide bonds. The maximum atomic E-state index is 12.6. The molecule has 0 bridgehead atoms. The van der Waals surface area contributed by atoms with Crippen LogP contribution in [0.2, 0.25) is 0 Å². The normalized spacial score (nSPS) is 21.1. The van der Waals surface area contributed by atoms with Gasteiger partial charge in [0.25, 0.3) is 0 Å². The summed E-state index contributed by atoms with van der Waals surface area (Å²) in [6.07, 6.45) is 2.10. The van der Waals surface area contributed by atoms with E-state index in [1.54, 1.807) is 24.3 Å². The maximum Gasteiger partial charge on any atom is 0.207 e. The molecule has 18 heavy (non-hydrogen) atoms. The molecule has 0 aromatic heterocycles. The van der Waals surface area contributed by atoms with Gasteiger partial charge in [0.05, 0.1) is 9.79 Å². The molecule has 0 unspecified atom stereocenters. The summed E-state index contributed by atoms with van der Waals surface area (Å²) >= 11 is 0. The van der Waals surface area contributed by atoms with E-state index in [0.29, 0.717) is 9.79 Å². The van der Waals surface area contributed by atoms with Crippen LogP contribution in [-0.2, 0) is 15.3 Å². The second kappa shape index (κ2) is 3.04. The van der Waals surface area contributed by atoms with Crippen molar-refractivity contribution in [2.75, 3.05) is 0 Å².